The van der Waals surface area contributed by atoms with Crippen LogP contribution in [0.2, 0.25) is 0 Å². The van der Waals surface area contributed by atoms with Crippen molar-refractivity contribution < 1.29 is 0 Å². The Labute approximate surface area is 98.7 Å². The molecule has 0 aliphatic rings. The van der Waals surface area contributed by atoms with Crippen LogP contribution < -0.4 is 5.32 Å². The highest BCUT2D eigenvalue weighted by atomic mass is 32.2. The van der Waals surface area contributed by atoms with E-state index >= 15 is 0 Å². The van der Waals surface area contributed by atoms with Crippen molar-refractivity contribution in [3.63, 3.8) is 0 Å². The van der Waals surface area contributed by atoms with Gasteiger partial charge in [-0.05, 0) is 12.7 Å². The summed E-state index contributed by atoms with van der Waals surface area (Å²) in [6.45, 7) is 3.08. The Morgan fingerprint density at radius 1 is 1.44 bits per heavy atom. The van der Waals surface area contributed by atoms with Crippen LogP contribution in [0.4, 0.5) is 5.82 Å². The number of aryl methyl sites for hydroxylation is 1. The van der Waals surface area contributed by atoms with Gasteiger partial charge < -0.3 is 9.88 Å². The highest BCUT2D eigenvalue weighted by Crippen LogP contribution is 2.21. The van der Waals surface area contributed by atoms with Gasteiger partial charge in [0.1, 0.15) is 5.52 Å². The minimum atomic E-state index is 0.773. The number of hydrogen-bond acceptors (Lipinski definition) is 5. The minimum absolute atomic E-state index is 0.773. The van der Waals surface area contributed by atoms with Crippen molar-refractivity contribution >= 4 is 28.7 Å². The Hall–Kier alpha value is -1.30. The molecule has 6 heteroatoms. The molecule has 2 aromatic rings. The first-order chi connectivity index (χ1) is 7.80. The molecular weight excluding hydrogens is 222 g/mol. The molecule has 2 rings (SSSR count). The first kappa shape index (κ1) is 11.2. The predicted octanol–water partition coefficient (Wildman–Crippen LogP) is 2.00. The molecule has 0 unspecified atom stereocenters. The van der Waals surface area contributed by atoms with Gasteiger partial charge in [0.2, 0.25) is 0 Å². The maximum atomic E-state index is 4.49. The lowest BCUT2D eigenvalue weighted by molar-refractivity contribution is 0.688. The highest BCUT2D eigenvalue weighted by Gasteiger charge is 2.11. The fourth-order valence-corrected chi connectivity index (χ4v) is 1.95. The second-order valence-electron chi connectivity index (χ2n) is 3.42. The van der Waals surface area contributed by atoms with E-state index < -0.39 is 0 Å². The molecule has 2 aromatic heterocycles. The lowest BCUT2D eigenvalue weighted by Gasteiger charge is -2.04. The summed E-state index contributed by atoms with van der Waals surface area (Å²) in [7, 11) is 1.85. The van der Waals surface area contributed by atoms with E-state index in [1.165, 1.54) is 0 Å². The average molecular weight is 237 g/mol. The number of nitrogens with one attached hydrogen (secondary N) is 1. The molecule has 0 fully saturated rings. The normalized spacial score (nSPS) is 10.9. The van der Waals surface area contributed by atoms with Crippen LogP contribution in [0, 0.1) is 0 Å². The van der Waals surface area contributed by atoms with Crippen LogP contribution in [0.1, 0.15) is 13.3 Å². The molecule has 0 aromatic carbocycles. The maximum Gasteiger partial charge on any atom is 0.191 e. The third kappa shape index (κ3) is 1.84. The number of rotatable bonds is 4. The number of imidazole rings is 1. The van der Waals surface area contributed by atoms with E-state index in [1.807, 2.05) is 19.6 Å². The van der Waals surface area contributed by atoms with Gasteiger partial charge in [0.15, 0.2) is 16.6 Å². The van der Waals surface area contributed by atoms with Crippen LogP contribution in [-0.4, -0.2) is 32.8 Å². The van der Waals surface area contributed by atoms with E-state index in [0.717, 1.165) is 35.1 Å². The Kier molecular flexibility index (Phi) is 3.28. The van der Waals surface area contributed by atoms with E-state index in [0.29, 0.717) is 0 Å². The molecule has 2 heterocycles. The largest absolute Gasteiger partial charge is 0.371 e. The summed E-state index contributed by atoms with van der Waals surface area (Å²) in [5.74, 6) is 0.796. The Balaban J connectivity index is 2.62. The van der Waals surface area contributed by atoms with Crippen LogP contribution in [0.5, 0.6) is 0 Å². The summed E-state index contributed by atoms with van der Waals surface area (Å²) in [6, 6.07) is 0. The maximum absolute atomic E-state index is 4.49. The summed E-state index contributed by atoms with van der Waals surface area (Å²) < 4.78 is 2.07. The molecule has 16 heavy (non-hydrogen) atoms. The van der Waals surface area contributed by atoms with Gasteiger partial charge in [0, 0.05) is 13.6 Å². The SMILES string of the molecule is CCCn1cnc2c(NC)nc(SC)nc21. The second-order valence-corrected chi connectivity index (χ2v) is 4.19. The van der Waals surface area contributed by atoms with Crippen LogP contribution in [0.25, 0.3) is 11.2 Å². The van der Waals surface area contributed by atoms with Gasteiger partial charge >= 0.3 is 0 Å². The number of thioether (sulfide) groups is 1. The first-order valence-corrected chi connectivity index (χ1v) is 6.47. The van der Waals surface area contributed by atoms with Gasteiger partial charge in [-0.1, -0.05) is 18.7 Å². The van der Waals surface area contributed by atoms with Crippen molar-refractivity contribution in [1.82, 2.24) is 19.5 Å². The van der Waals surface area contributed by atoms with E-state index in [1.54, 1.807) is 11.8 Å². The lowest BCUT2D eigenvalue weighted by Crippen LogP contribution is -2.01. The topological polar surface area (TPSA) is 55.6 Å². The summed E-state index contributed by atoms with van der Waals surface area (Å²) >= 11 is 1.54. The Bertz CT molecular complexity index is 493. The Morgan fingerprint density at radius 2 is 2.25 bits per heavy atom. The van der Waals surface area contributed by atoms with Gasteiger partial charge in [-0.2, -0.15) is 0 Å². The molecule has 86 valence electrons. The van der Waals surface area contributed by atoms with Crippen molar-refractivity contribution in [2.75, 3.05) is 18.6 Å². The van der Waals surface area contributed by atoms with Crippen molar-refractivity contribution in [3.05, 3.63) is 6.33 Å². The molecule has 0 amide bonds. The fraction of sp³-hybridized carbons (Fsp3) is 0.500. The fourth-order valence-electron chi connectivity index (χ4n) is 1.59. The number of anilines is 1. The molecule has 5 nitrogen and oxygen atoms in total. The second kappa shape index (κ2) is 4.69. The average Bonchev–Trinajstić information content (AvgIpc) is 2.72. The quantitative estimate of drug-likeness (QED) is 0.651. The van der Waals surface area contributed by atoms with Gasteiger partial charge in [-0.3, -0.25) is 0 Å². The van der Waals surface area contributed by atoms with Crippen molar-refractivity contribution in [2.45, 2.75) is 25.0 Å². The van der Waals surface area contributed by atoms with Gasteiger partial charge in [-0.15, -0.1) is 0 Å². The number of fused-ring (bicyclic) bond motifs is 1. The summed E-state index contributed by atoms with van der Waals surface area (Å²) in [6.07, 6.45) is 4.87. The van der Waals surface area contributed by atoms with Crippen molar-refractivity contribution in [3.8, 4) is 0 Å². The molecule has 1 N–H and O–H groups in total. The number of hydrogen-bond donors (Lipinski definition) is 1. The molecular formula is C10H15N5S. The smallest absolute Gasteiger partial charge is 0.191 e. The van der Waals surface area contributed by atoms with Crippen LogP contribution in [-0.2, 0) is 6.54 Å². The highest BCUT2D eigenvalue weighted by molar-refractivity contribution is 7.98. The third-order valence-electron chi connectivity index (χ3n) is 2.33. The first-order valence-electron chi connectivity index (χ1n) is 5.24. The van der Waals surface area contributed by atoms with Crippen LogP contribution in [0.3, 0.4) is 0 Å². The van der Waals surface area contributed by atoms with E-state index in [2.05, 4.69) is 31.8 Å². The molecule has 0 bridgehead atoms. The number of nitrogens with zero attached hydrogens (tertiary/aromatic N) is 4. The molecule has 0 saturated heterocycles. The summed E-state index contributed by atoms with van der Waals surface area (Å²) in [5.41, 5.74) is 1.75. The molecule has 0 saturated carbocycles. The van der Waals surface area contributed by atoms with Crippen LogP contribution in [0.15, 0.2) is 11.5 Å². The number of aromatic nitrogens is 4. The molecule has 0 atom stereocenters. The monoisotopic (exact) mass is 237 g/mol. The van der Waals surface area contributed by atoms with Gasteiger partial charge in [0.25, 0.3) is 0 Å². The molecule has 0 aliphatic carbocycles. The van der Waals surface area contributed by atoms with Crippen LogP contribution >= 0.6 is 11.8 Å². The molecule has 0 spiro atoms. The van der Waals surface area contributed by atoms with Gasteiger partial charge in [-0.25, -0.2) is 15.0 Å². The molecule has 0 aliphatic heterocycles. The van der Waals surface area contributed by atoms with Crippen molar-refractivity contribution in [1.29, 1.82) is 0 Å². The summed E-state index contributed by atoms with van der Waals surface area (Å²) in [5, 5.41) is 3.83. The zero-order valence-electron chi connectivity index (χ0n) is 9.69. The summed E-state index contributed by atoms with van der Waals surface area (Å²) in [4.78, 5) is 13.2. The zero-order chi connectivity index (χ0) is 11.5. The van der Waals surface area contributed by atoms with Gasteiger partial charge in [0.05, 0.1) is 6.33 Å². The van der Waals surface area contributed by atoms with E-state index in [4.69, 9.17) is 0 Å². The van der Waals surface area contributed by atoms with Crippen molar-refractivity contribution in [2.24, 2.45) is 0 Å². The third-order valence-corrected chi connectivity index (χ3v) is 2.87. The van der Waals surface area contributed by atoms with E-state index in [-0.39, 0.29) is 0 Å². The lowest BCUT2D eigenvalue weighted by atomic mass is 10.4. The Morgan fingerprint density at radius 3 is 2.88 bits per heavy atom. The predicted molar refractivity (Wildman–Crippen MR) is 66.9 cm³/mol. The van der Waals surface area contributed by atoms with E-state index in [9.17, 15) is 0 Å². The standard InChI is InChI=1S/C10H15N5S/c1-4-5-15-6-12-7-8(11-2)13-10(16-3)14-9(7)15/h6H,4-5H2,1-3H3,(H,11,13,14). The minimum Gasteiger partial charge on any atom is -0.371 e. The molecule has 0 radical (unpaired) electrons. The zero-order valence-corrected chi connectivity index (χ0v) is 10.5.